The molecule has 1 unspecified atom stereocenters. The molecule has 7 nitrogen and oxygen atoms in total. The van der Waals surface area contributed by atoms with E-state index in [-0.39, 0.29) is 11.6 Å². The highest BCUT2D eigenvalue weighted by atomic mass is 16.5. The van der Waals surface area contributed by atoms with Crippen molar-refractivity contribution >= 4 is 5.96 Å². The van der Waals surface area contributed by atoms with Gasteiger partial charge in [-0.15, -0.1) is 0 Å². The molecular formula is C25H36N4O3. The highest BCUT2D eigenvalue weighted by Crippen LogP contribution is 2.26. The Morgan fingerprint density at radius 3 is 2.47 bits per heavy atom. The topological polar surface area (TPSA) is 76.1 Å². The van der Waals surface area contributed by atoms with E-state index >= 15 is 0 Å². The lowest BCUT2D eigenvalue weighted by Crippen LogP contribution is -2.58. The number of nitrogens with zero attached hydrogens (tertiary/aromatic N) is 1. The smallest absolute Gasteiger partial charge is 0.191 e. The Hall–Kier alpha value is -2.77. The van der Waals surface area contributed by atoms with Gasteiger partial charge in [0.2, 0.25) is 0 Å². The zero-order valence-electron chi connectivity index (χ0n) is 19.6. The maximum Gasteiger partial charge on any atom is 0.191 e. The standard InChI is InChI=1S/C25H36N4O3/c1-19(20-8-6-5-7-9-20)29-25(12-14-32-15-13-25)18-28-24(26-2)27-17-21-10-11-22(30-3)16-23(21)31-4/h5-11,16,19,29H,12-15,17-18H2,1-4H3,(H2,26,27,28). The fourth-order valence-corrected chi connectivity index (χ4v) is 4.07. The van der Waals surface area contributed by atoms with Gasteiger partial charge in [-0.2, -0.15) is 0 Å². The van der Waals surface area contributed by atoms with Crippen LogP contribution in [0.1, 0.15) is 36.9 Å². The van der Waals surface area contributed by atoms with E-state index in [1.54, 1.807) is 21.3 Å². The van der Waals surface area contributed by atoms with E-state index in [9.17, 15) is 0 Å². The summed E-state index contributed by atoms with van der Waals surface area (Å²) >= 11 is 0. The monoisotopic (exact) mass is 440 g/mol. The zero-order valence-corrected chi connectivity index (χ0v) is 19.6. The summed E-state index contributed by atoms with van der Waals surface area (Å²) in [7, 11) is 5.11. The average molecular weight is 441 g/mol. The van der Waals surface area contributed by atoms with Crippen molar-refractivity contribution in [3.63, 3.8) is 0 Å². The van der Waals surface area contributed by atoms with Crippen LogP contribution in [0.4, 0.5) is 0 Å². The van der Waals surface area contributed by atoms with Crippen molar-refractivity contribution < 1.29 is 14.2 Å². The van der Waals surface area contributed by atoms with E-state index in [1.807, 2.05) is 18.2 Å². The van der Waals surface area contributed by atoms with Crippen molar-refractivity contribution in [2.75, 3.05) is 41.0 Å². The second-order valence-corrected chi connectivity index (χ2v) is 8.13. The van der Waals surface area contributed by atoms with Crippen LogP contribution in [-0.4, -0.2) is 52.5 Å². The molecule has 7 heteroatoms. The van der Waals surface area contributed by atoms with Gasteiger partial charge in [-0.05, 0) is 37.5 Å². The van der Waals surface area contributed by atoms with Gasteiger partial charge < -0.3 is 30.2 Å². The summed E-state index contributed by atoms with van der Waals surface area (Å²) < 4.78 is 16.4. The summed E-state index contributed by atoms with van der Waals surface area (Å²) in [5.74, 6) is 2.31. The largest absolute Gasteiger partial charge is 0.497 e. The number of aliphatic imine (C=N–C) groups is 1. The Morgan fingerprint density at radius 2 is 1.81 bits per heavy atom. The first-order chi connectivity index (χ1) is 15.6. The molecule has 3 rings (SSSR count). The number of benzene rings is 2. The first kappa shape index (κ1) is 23.9. The number of guanidine groups is 1. The van der Waals surface area contributed by atoms with Crippen molar-refractivity contribution in [1.29, 1.82) is 0 Å². The van der Waals surface area contributed by atoms with Crippen molar-refractivity contribution in [1.82, 2.24) is 16.0 Å². The zero-order chi connectivity index (χ0) is 22.8. The van der Waals surface area contributed by atoms with E-state index in [1.165, 1.54) is 5.56 Å². The number of rotatable bonds is 9. The first-order valence-corrected chi connectivity index (χ1v) is 11.1. The minimum atomic E-state index is -0.0665. The van der Waals surface area contributed by atoms with Crippen molar-refractivity contribution in [3.05, 3.63) is 59.7 Å². The first-order valence-electron chi connectivity index (χ1n) is 11.1. The third-order valence-corrected chi connectivity index (χ3v) is 6.03. The molecule has 0 amide bonds. The number of hydrogen-bond acceptors (Lipinski definition) is 5. The Bertz CT molecular complexity index is 867. The van der Waals surface area contributed by atoms with Crippen LogP contribution in [0.2, 0.25) is 0 Å². The lowest BCUT2D eigenvalue weighted by molar-refractivity contribution is 0.0355. The highest BCUT2D eigenvalue weighted by Gasteiger charge is 2.34. The molecule has 0 saturated carbocycles. The molecule has 0 aromatic heterocycles. The molecule has 174 valence electrons. The minimum absolute atomic E-state index is 0.0665. The van der Waals surface area contributed by atoms with E-state index in [0.717, 1.165) is 55.6 Å². The molecule has 1 heterocycles. The van der Waals surface area contributed by atoms with Crippen LogP contribution >= 0.6 is 0 Å². The summed E-state index contributed by atoms with van der Waals surface area (Å²) in [5, 5.41) is 10.8. The summed E-state index contributed by atoms with van der Waals surface area (Å²) in [4.78, 5) is 4.42. The van der Waals surface area contributed by atoms with E-state index in [2.05, 4.69) is 58.2 Å². The summed E-state index contributed by atoms with van der Waals surface area (Å²) in [6.45, 7) is 5.08. The molecule has 0 aliphatic carbocycles. The summed E-state index contributed by atoms with van der Waals surface area (Å²) in [6.07, 6.45) is 1.89. The van der Waals surface area contributed by atoms with E-state index in [4.69, 9.17) is 14.2 Å². The minimum Gasteiger partial charge on any atom is -0.497 e. The number of ether oxygens (including phenoxy) is 3. The van der Waals surface area contributed by atoms with Crippen LogP contribution in [0.3, 0.4) is 0 Å². The SMILES string of the molecule is CN=C(NCc1ccc(OC)cc1OC)NCC1(NC(C)c2ccccc2)CCOCC1. The molecule has 0 radical (unpaired) electrons. The van der Waals surface area contributed by atoms with Crippen molar-refractivity contribution in [2.45, 2.75) is 37.9 Å². The maximum atomic E-state index is 5.66. The van der Waals surface area contributed by atoms with Crippen LogP contribution < -0.4 is 25.4 Å². The molecule has 32 heavy (non-hydrogen) atoms. The van der Waals surface area contributed by atoms with Gasteiger partial charge in [0.25, 0.3) is 0 Å². The quantitative estimate of drug-likeness (QED) is 0.410. The highest BCUT2D eigenvalue weighted by molar-refractivity contribution is 5.79. The molecule has 2 aromatic carbocycles. The summed E-state index contributed by atoms with van der Waals surface area (Å²) in [6, 6.07) is 16.6. The Labute approximate surface area is 191 Å². The van der Waals surface area contributed by atoms with E-state index < -0.39 is 0 Å². The van der Waals surface area contributed by atoms with Gasteiger partial charge in [-0.25, -0.2) is 0 Å². The fourth-order valence-electron chi connectivity index (χ4n) is 4.07. The second kappa shape index (κ2) is 11.7. The van der Waals surface area contributed by atoms with Crippen LogP contribution in [0, 0.1) is 0 Å². The van der Waals surface area contributed by atoms with Crippen LogP contribution in [-0.2, 0) is 11.3 Å². The van der Waals surface area contributed by atoms with Crippen LogP contribution in [0.15, 0.2) is 53.5 Å². The van der Waals surface area contributed by atoms with Gasteiger partial charge >= 0.3 is 0 Å². The number of nitrogens with one attached hydrogen (secondary N) is 3. The van der Waals surface area contributed by atoms with Gasteiger partial charge in [0.1, 0.15) is 11.5 Å². The molecule has 3 N–H and O–H groups in total. The van der Waals surface area contributed by atoms with E-state index in [0.29, 0.717) is 6.54 Å². The summed E-state index contributed by atoms with van der Waals surface area (Å²) in [5.41, 5.74) is 2.25. The molecule has 0 bridgehead atoms. The maximum absolute atomic E-state index is 5.66. The molecule has 1 saturated heterocycles. The van der Waals surface area contributed by atoms with Crippen LogP contribution in [0.25, 0.3) is 0 Å². The number of hydrogen-bond donors (Lipinski definition) is 3. The molecule has 1 fully saturated rings. The predicted octanol–water partition coefficient (Wildman–Crippen LogP) is 3.27. The van der Waals surface area contributed by atoms with Crippen molar-refractivity contribution in [3.8, 4) is 11.5 Å². The van der Waals surface area contributed by atoms with Gasteiger partial charge in [-0.3, -0.25) is 4.99 Å². The fraction of sp³-hybridized carbons (Fsp3) is 0.480. The number of methoxy groups -OCH3 is 2. The third kappa shape index (κ3) is 6.37. The van der Waals surface area contributed by atoms with Crippen LogP contribution in [0.5, 0.6) is 11.5 Å². The normalized spacial score (nSPS) is 16.8. The lowest BCUT2D eigenvalue weighted by Gasteiger charge is -2.41. The lowest BCUT2D eigenvalue weighted by atomic mass is 9.88. The van der Waals surface area contributed by atoms with Gasteiger partial charge in [0.15, 0.2) is 5.96 Å². The van der Waals surface area contributed by atoms with Crippen molar-refractivity contribution in [2.24, 2.45) is 4.99 Å². The molecule has 0 spiro atoms. The second-order valence-electron chi connectivity index (χ2n) is 8.13. The average Bonchev–Trinajstić information content (AvgIpc) is 2.85. The molecule has 2 aromatic rings. The molecule has 1 aliphatic rings. The van der Waals surface area contributed by atoms with Gasteiger partial charge in [-0.1, -0.05) is 30.3 Å². The molecule has 1 atom stereocenters. The molecule has 1 aliphatic heterocycles. The Balaban J connectivity index is 1.62. The van der Waals surface area contributed by atoms with Gasteiger partial charge in [0, 0.05) is 56.6 Å². The third-order valence-electron chi connectivity index (χ3n) is 6.03. The Kier molecular flexibility index (Phi) is 8.76. The molecular weight excluding hydrogens is 404 g/mol. The Morgan fingerprint density at radius 1 is 1.06 bits per heavy atom. The van der Waals surface area contributed by atoms with Gasteiger partial charge in [0.05, 0.1) is 14.2 Å². The predicted molar refractivity (Wildman–Crippen MR) is 129 cm³/mol.